The average Bonchev–Trinajstić information content (AvgIpc) is 2.81. The van der Waals surface area contributed by atoms with Crippen LogP contribution in [0.4, 0.5) is 0 Å². The third-order valence-corrected chi connectivity index (χ3v) is 3.25. The number of aryl methyl sites for hydroxylation is 3. The summed E-state index contributed by atoms with van der Waals surface area (Å²) < 4.78 is 5.43. The zero-order valence-electron chi connectivity index (χ0n) is 10.9. The molecule has 0 spiro atoms. The number of nitrogens with zero attached hydrogens (tertiary/aromatic N) is 1. The first-order chi connectivity index (χ1) is 8.65. The highest BCUT2D eigenvalue weighted by molar-refractivity contribution is 6.17. The van der Waals surface area contributed by atoms with Gasteiger partial charge in [-0.15, -0.1) is 11.6 Å². The Labute approximate surface area is 112 Å². The van der Waals surface area contributed by atoms with E-state index in [0.29, 0.717) is 5.88 Å². The van der Waals surface area contributed by atoms with Crippen molar-refractivity contribution in [1.29, 1.82) is 0 Å². The van der Waals surface area contributed by atoms with Gasteiger partial charge >= 0.3 is 0 Å². The van der Waals surface area contributed by atoms with Crippen molar-refractivity contribution in [3.63, 3.8) is 0 Å². The van der Waals surface area contributed by atoms with Crippen LogP contribution < -0.4 is 4.74 Å². The molecule has 1 aromatic heterocycles. The number of nitrogens with one attached hydrogen (secondary N) is 1. The largest absolute Gasteiger partial charge is 0.496 e. The van der Waals surface area contributed by atoms with Gasteiger partial charge in [0.1, 0.15) is 11.6 Å². The number of hydrogen-bond acceptors (Lipinski definition) is 2. The SMILES string of the molecule is COc1cc(C)c(C)cc1-c1cnc(CCCl)[nH]1. The highest BCUT2D eigenvalue weighted by Crippen LogP contribution is 2.31. The predicted molar refractivity (Wildman–Crippen MR) is 74.5 cm³/mol. The number of ether oxygens (including phenoxy) is 1. The lowest BCUT2D eigenvalue weighted by molar-refractivity contribution is 0.416. The van der Waals surface area contributed by atoms with Crippen molar-refractivity contribution in [2.24, 2.45) is 0 Å². The maximum atomic E-state index is 5.71. The van der Waals surface area contributed by atoms with Crippen molar-refractivity contribution >= 4 is 11.6 Å². The Morgan fingerprint density at radius 1 is 1.28 bits per heavy atom. The molecular formula is C14H17ClN2O. The standard InChI is InChI=1S/C14H17ClN2O/c1-9-6-11(13(18-3)7-10(9)2)12-8-16-14(17-12)4-5-15/h6-8H,4-5H2,1-3H3,(H,16,17). The molecule has 0 radical (unpaired) electrons. The fraction of sp³-hybridized carbons (Fsp3) is 0.357. The first-order valence-electron chi connectivity index (χ1n) is 5.91. The molecule has 0 saturated heterocycles. The topological polar surface area (TPSA) is 37.9 Å². The summed E-state index contributed by atoms with van der Waals surface area (Å²) in [6.45, 7) is 4.17. The van der Waals surface area contributed by atoms with Gasteiger partial charge in [0.2, 0.25) is 0 Å². The Kier molecular flexibility index (Phi) is 3.92. The van der Waals surface area contributed by atoms with Crippen molar-refractivity contribution in [1.82, 2.24) is 9.97 Å². The van der Waals surface area contributed by atoms with Crippen LogP contribution in [0.1, 0.15) is 17.0 Å². The number of halogens is 1. The molecule has 3 nitrogen and oxygen atoms in total. The molecular weight excluding hydrogens is 248 g/mol. The van der Waals surface area contributed by atoms with E-state index in [4.69, 9.17) is 16.3 Å². The summed E-state index contributed by atoms with van der Waals surface area (Å²) in [5, 5.41) is 0. The minimum absolute atomic E-state index is 0.566. The zero-order valence-corrected chi connectivity index (χ0v) is 11.6. The first kappa shape index (κ1) is 13.0. The van der Waals surface area contributed by atoms with Crippen LogP contribution >= 0.6 is 11.6 Å². The van der Waals surface area contributed by atoms with Crippen molar-refractivity contribution < 1.29 is 4.74 Å². The molecule has 0 fully saturated rings. The minimum atomic E-state index is 0.566. The first-order valence-corrected chi connectivity index (χ1v) is 6.44. The Balaban J connectivity index is 2.45. The molecule has 4 heteroatoms. The van der Waals surface area contributed by atoms with E-state index in [2.05, 4.69) is 29.9 Å². The molecule has 1 heterocycles. The molecule has 0 amide bonds. The molecule has 2 aromatic rings. The van der Waals surface area contributed by atoms with Crippen LogP contribution in [0.3, 0.4) is 0 Å². The van der Waals surface area contributed by atoms with Crippen molar-refractivity contribution in [3.05, 3.63) is 35.3 Å². The summed E-state index contributed by atoms with van der Waals surface area (Å²) in [5.41, 5.74) is 4.46. The van der Waals surface area contributed by atoms with Gasteiger partial charge in [-0.1, -0.05) is 0 Å². The number of rotatable bonds is 4. The van der Waals surface area contributed by atoms with Gasteiger partial charge < -0.3 is 9.72 Å². The van der Waals surface area contributed by atoms with Gasteiger partial charge in [0.15, 0.2) is 0 Å². The number of hydrogen-bond donors (Lipinski definition) is 1. The maximum Gasteiger partial charge on any atom is 0.128 e. The molecule has 96 valence electrons. The van der Waals surface area contributed by atoms with Gasteiger partial charge in [-0.25, -0.2) is 4.98 Å². The molecule has 0 atom stereocenters. The smallest absolute Gasteiger partial charge is 0.128 e. The van der Waals surface area contributed by atoms with Gasteiger partial charge in [-0.2, -0.15) is 0 Å². The molecule has 2 rings (SSSR count). The van der Waals surface area contributed by atoms with Crippen LogP contribution in [0.15, 0.2) is 18.3 Å². The summed E-state index contributed by atoms with van der Waals surface area (Å²) in [5.74, 6) is 2.33. The molecule has 0 unspecified atom stereocenters. The molecule has 0 bridgehead atoms. The molecule has 0 saturated carbocycles. The number of alkyl halides is 1. The minimum Gasteiger partial charge on any atom is -0.496 e. The molecule has 1 N–H and O–H groups in total. The normalized spacial score (nSPS) is 10.7. The number of aromatic nitrogens is 2. The van der Waals surface area contributed by atoms with Gasteiger partial charge in [-0.05, 0) is 37.1 Å². The van der Waals surface area contributed by atoms with Crippen molar-refractivity contribution in [3.8, 4) is 17.0 Å². The highest BCUT2D eigenvalue weighted by atomic mass is 35.5. The predicted octanol–water partition coefficient (Wildman–Crippen LogP) is 3.48. The van der Waals surface area contributed by atoms with Crippen molar-refractivity contribution in [2.75, 3.05) is 13.0 Å². The number of aromatic amines is 1. The zero-order chi connectivity index (χ0) is 13.1. The molecule has 18 heavy (non-hydrogen) atoms. The number of methoxy groups -OCH3 is 1. The van der Waals surface area contributed by atoms with E-state index < -0.39 is 0 Å². The van der Waals surface area contributed by atoms with Gasteiger partial charge in [0, 0.05) is 17.9 Å². The molecule has 0 aliphatic rings. The number of H-pyrrole nitrogens is 1. The fourth-order valence-corrected chi connectivity index (χ4v) is 2.06. The van der Waals surface area contributed by atoms with Crippen LogP contribution in [0, 0.1) is 13.8 Å². The van der Waals surface area contributed by atoms with Crippen LogP contribution in [0.25, 0.3) is 11.3 Å². The monoisotopic (exact) mass is 264 g/mol. The fourth-order valence-electron chi connectivity index (χ4n) is 1.88. The lowest BCUT2D eigenvalue weighted by Gasteiger charge is -2.10. The quantitative estimate of drug-likeness (QED) is 0.859. The van der Waals surface area contributed by atoms with Crippen LogP contribution in [-0.4, -0.2) is 23.0 Å². The van der Waals surface area contributed by atoms with E-state index in [9.17, 15) is 0 Å². The number of imidazole rings is 1. The average molecular weight is 265 g/mol. The lowest BCUT2D eigenvalue weighted by Crippen LogP contribution is -1.92. The Morgan fingerprint density at radius 3 is 2.67 bits per heavy atom. The summed E-state index contributed by atoms with van der Waals surface area (Å²) in [6.07, 6.45) is 2.57. The van der Waals surface area contributed by atoms with Crippen LogP contribution in [0.2, 0.25) is 0 Å². The summed E-state index contributed by atoms with van der Waals surface area (Å²) >= 11 is 5.71. The van der Waals surface area contributed by atoms with E-state index in [1.54, 1.807) is 7.11 Å². The van der Waals surface area contributed by atoms with Gasteiger partial charge in [-0.3, -0.25) is 0 Å². The highest BCUT2D eigenvalue weighted by Gasteiger charge is 2.10. The number of benzene rings is 1. The molecule has 0 aliphatic carbocycles. The van der Waals surface area contributed by atoms with Gasteiger partial charge in [0.05, 0.1) is 19.0 Å². The Bertz CT molecular complexity index is 549. The Hall–Kier alpha value is -1.48. The maximum absolute atomic E-state index is 5.71. The van der Waals surface area contributed by atoms with E-state index in [-0.39, 0.29) is 0 Å². The molecule has 1 aromatic carbocycles. The van der Waals surface area contributed by atoms with E-state index in [1.165, 1.54) is 11.1 Å². The van der Waals surface area contributed by atoms with Gasteiger partial charge in [0.25, 0.3) is 0 Å². The summed E-state index contributed by atoms with van der Waals surface area (Å²) in [6, 6.07) is 4.17. The second kappa shape index (κ2) is 5.44. The Morgan fingerprint density at radius 2 is 2.00 bits per heavy atom. The lowest BCUT2D eigenvalue weighted by atomic mass is 10.0. The summed E-state index contributed by atoms with van der Waals surface area (Å²) in [7, 11) is 1.68. The molecule has 0 aliphatic heterocycles. The van der Waals surface area contributed by atoms with E-state index in [0.717, 1.165) is 29.3 Å². The van der Waals surface area contributed by atoms with E-state index >= 15 is 0 Å². The van der Waals surface area contributed by atoms with Crippen LogP contribution in [-0.2, 0) is 6.42 Å². The van der Waals surface area contributed by atoms with E-state index in [1.807, 2.05) is 12.3 Å². The van der Waals surface area contributed by atoms with Crippen molar-refractivity contribution in [2.45, 2.75) is 20.3 Å². The second-order valence-electron chi connectivity index (χ2n) is 4.32. The van der Waals surface area contributed by atoms with Crippen LogP contribution in [0.5, 0.6) is 5.75 Å². The summed E-state index contributed by atoms with van der Waals surface area (Å²) in [4.78, 5) is 7.59. The third-order valence-electron chi connectivity index (χ3n) is 3.07. The second-order valence-corrected chi connectivity index (χ2v) is 4.70. The third kappa shape index (κ3) is 2.51.